The fraction of sp³-hybridized carbons (Fsp3) is 0.118. The van der Waals surface area contributed by atoms with Gasteiger partial charge in [-0.25, -0.2) is 0 Å². The first kappa shape index (κ1) is 14.8. The third-order valence-corrected chi connectivity index (χ3v) is 3.71. The summed E-state index contributed by atoms with van der Waals surface area (Å²) in [6.45, 7) is 0. The second-order valence-corrected chi connectivity index (χ2v) is 5.41. The van der Waals surface area contributed by atoms with Crippen LogP contribution in [0.25, 0.3) is 21.8 Å². The van der Waals surface area contributed by atoms with Gasteiger partial charge in [-0.1, -0.05) is 0 Å². The number of nitrogens with one attached hydrogen (secondary N) is 1. The van der Waals surface area contributed by atoms with E-state index < -0.39 is 18.3 Å². The van der Waals surface area contributed by atoms with Gasteiger partial charge in [-0.3, -0.25) is 9.59 Å². The number of fused-ring (bicyclic) bond motifs is 2. The van der Waals surface area contributed by atoms with Crippen LogP contribution in [0.3, 0.4) is 0 Å². The van der Waals surface area contributed by atoms with Crippen LogP contribution in [-0.2, 0) is 16.6 Å². The molecular formula is C17H16N3O3+. The Morgan fingerprint density at radius 3 is 2.43 bits per heavy atom. The highest BCUT2D eigenvalue weighted by atomic mass is 16.4. The number of nitrogen functional groups attached to an aromatic ring is 1. The number of amides is 1. The molecule has 6 nitrogen and oxygen atoms in total. The molecule has 2 aromatic carbocycles. The van der Waals surface area contributed by atoms with E-state index in [1.165, 1.54) is 0 Å². The first-order valence-electron chi connectivity index (χ1n) is 7.08. The Morgan fingerprint density at radius 2 is 1.74 bits per heavy atom. The molecule has 0 bridgehead atoms. The summed E-state index contributed by atoms with van der Waals surface area (Å²) in [5, 5.41) is 13.3. The number of carbonyl (C=O) groups is 2. The Hall–Kier alpha value is -3.15. The predicted octanol–water partition coefficient (Wildman–Crippen LogP) is 1.81. The number of hydrogen-bond donors (Lipinski definition) is 3. The number of pyridine rings is 1. The molecule has 1 aromatic heterocycles. The average Bonchev–Trinajstić information content (AvgIpc) is 2.48. The van der Waals surface area contributed by atoms with Gasteiger partial charge in [0.25, 0.3) is 0 Å². The number of aliphatic carboxylic acids is 1. The number of anilines is 2. The number of carboxylic acids is 1. The number of benzene rings is 2. The maximum atomic E-state index is 11.6. The van der Waals surface area contributed by atoms with Gasteiger partial charge in [-0.2, -0.15) is 4.57 Å². The van der Waals surface area contributed by atoms with Crippen LogP contribution in [0, 0.1) is 0 Å². The zero-order valence-electron chi connectivity index (χ0n) is 12.5. The van der Waals surface area contributed by atoms with Crippen molar-refractivity contribution >= 4 is 45.1 Å². The minimum atomic E-state index is -1.16. The molecule has 0 saturated heterocycles. The van der Waals surface area contributed by atoms with Gasteiger partial charge in [-0.05, 0) is 30.3 Å². The molecule has 3 aromatic rings. The van der Waals surface area contributed by atoms with Gasteiger partial charge in [0.15, 0.2) is 0 Å². The SMILES string of the molecule is C[n+]1c2cc(N)ccc2cc2ccc(NC(=O)CC(=O)O)cc21. The smallest absolute Gasteiger partial charge is 0.312 e. The van der Waals surface area contributed by atoms with Crippen molar-refractivity contribution in [3.05, 3.63) is 42.5 Å². The number of rotatable bonds is 3. The fourth-order valence-corrected chi connectivity index (χ4v) is 2.65. The third-order valence-electron chi connectivity index (χ3n) is 3.71. The van der Waals surface area contributed by atoms with Crippen LogP contribution in [0.4, 0.5) is 11.4 Å². The highest BCUT2D eigenvalue weighted by molar-refractivity contribution is 6.02. The van der Waals surface area contributed by atoms with E-state index >= 15 is 0 Å². The van der Waals surface area contributed by atoms with Gasteiger partial charge in [0, 0.05) is 34.3 Å². The molecule has 116 valence electrons. The number of carboxylic acid groups (broad SMARTS) is 1. The summed E-state index contributed by atoms with van der Waals surface area (Å²) in [7, 11) is 1.92. The Morgan fingerprint density at radius 1 is 1.09 bits per heavy atom. The van der Waals surface area contributed by atoms with Crippen LogP contribution in [0.15, 0.2) is 42.5 Å². The van der Waals surface area contributed by atoms with Gasteiger partial charge in [0.05, 0.1) is 0 Å². The standard InChI is InChI=1S/C17H15N3O3/c1-20-14-7-12(18)4-2-10(14)6-11-3-5-13(8-15(11)20)19-16(21)9-17(22)23/h2-8H,9H2,1H3,(H3,18,19,21,22,23)/p+1. The number of aryl methyl sites for hydroxylation is 1. The van der Waals surface area contributed by atoms with E-state index in [9.17, 15) is 9.59 Å². The number of nitrogens with two attached hydrogens (primary N) is 1. The number of aromatic nitrogens is 1. The van der Waals surface area contributed by atoms with Crippen molar-refractivity contribution in [3.63, 3.8) is 0 Å². The highest BCUT2D eigenvalue weighted by Gasteiger charge is 2.14. The molecule has 1 amide bonds. The van der Waals surface area contributed by atoms with Crippen molar-refractivity contribution in [2.45, 2.75) is 6.42 Å². The van der Waals surface area contributed by atoms with E-state index in [1.54, 1.807) is 6.07 Å². The van der Waals surface area contributed by atoms with Crippen LogP contribution < -0.4 is 15.6 Å². The van der Waals surface area contributed by atoms with Crippen molar-refractivity contribution in [2.24, 2.45) is 7.05 Å². The zero-order chi connectivity index (χ0) is 16.6. The summed E-state index contributed by atoms with van der Waals surface area (Å²) in [5.74, 6) is -1.71. The molecule has 0 aliphatic heterocycles. The van der Waals surface area contributed by atoms with Gasteiger partial charge in [0.1, 0.15) is 13.5 Å². The largest absolute Gasteiger partial charge is 0.481 e. The second kappa shape index (κ2) is 5.57. The van der Waals surface area contributed by atoms with E-state index in [2.05, 4.69) is 5.32 Å². The quantitative estimate of drug-likeness (QED) is 0.297. The molecule has 0 radical (unpaired) electrons. The summed E-state index contributed by atoms with van der Waals surface area (Å²) < 4.78 is 1.99. The minimum Gasteiger partial charge on any atom is -0.481 e. The van der Waals surface area contributed by atoms with Crippen molar-refractivity contribution in [1.82, 2.24) is 0 Å². The second-order valence-electron chi connectivity index (χ2n) is 5.41. The lowest BCUT2D eigenvalue weighted by atomic mass is 10.1. The summed E-state index contributed by atoms with van der Waals surface area (Å²) in [5.41, 5.74) is 8.98. The molecule has 0 unspecified atom stereocenters. The first-order valence-corrected chi connectivity index (χ1v) is 7.08. The molecule has 0 spiro atoms. The topological polar surface area (TPSA) is 96.3 Å². The predicted molar refractivity (Wildman–Crippen MR) is 87.9 cm³/mol. The van der Waals surface area contributed by atoms with Crippen LogP contribution in [0.1, 0.15) is 6.42 Å². The van der Waals surface area contributed by atoms with E-state index in [4.69, 9.17) is 10.8 Å². The lowest BCUT2D eigenvalue weighted by molar-refractivity contribution is -0.617. The normalized spacial score (nSPS) is 10.8. The summed E-state index contributed by atoms with van der Waals surface area (Å²) in [4.78, 5) is 22.2. The molecule has 0 fully saturated rings. The van der Waals surface area contributed by atoms with Crippen molar-refractivity contribution in [1.29, 1.82) is 0 Å². The molecule has 0 saturated carbocycles. The maximum absolute atomic E-state index is 11.6. The van der Waals surface area contributed by atoms with E-state index in [-0.39, 0.29) is 0 Å². The maximum Gasteiger partial charge on any atom is 0.312 e. The molecule has 23 heavy (non-hydrogen) atoms. The molecule has 3 rings (SSSR count). The Labute approximate surface area is 132 Å². The van der Waals surface area contributed by atoms with Gasteiger partial charge in [0.2, 0.25) is 16.9 Å². The summed E-state index contributed by atoms with van der Waals surface area (Å²) >= 11 is 0. The number of nitrogens with zero attached hydrogens (tertiary/aromatic N) is 1. The molecule has 0 aliphatic carbocycles. The van der Waals surface area contributed by atoms with Crippen molar-refractivity contribution < 1.29 is 19.3 Å². The van der Waals surface area contributed by atoms with Crippen molar-refractivity contribution in [3.8, 4) is 0 Å². The van der Waals surface area contributed by atoms with Crippen LogP contribution in [0.2, 0.25) is 0 Å². The lowest BCUT2D eigenvalue weighted by Gasteiger charge is -2.06. The zero-order valence-corrected chi connectivity index (χ0v) is 12.5. The molecule has 4 N–H and O–H groups in total. The Bertz CT molecular complexity index is 951. The van der Waals surface area contributed by atoms with Crippen LogP contribution >= 0.6 is 0 Å². The first-order chi connectivity index (χ1) is 10.9. The van der Waals surface area contributed by atoms with Gasteiger partial charge < -0.3 is 16.2 Å². The average molecular weight is 310 g/mol. The lowest BCUT2D eigenvalue weighted by Crippen LogP contribution is -2.30. The van der Waals surface area contributed by atoms with E-state index in [0.717, 1.165) is 21.8 Å². The van der Waals surface area contributed by atoms with Gasteiger partial charge in [-0.15, -0.1) is 0 Å². The summed E-state index contributed by atoms with van der Waals surface area (Å²) in [6, 6.07) is 13.2. The highest BCUT2D eigenvalue weighted by Crippen LogP contribution is 2.22. The van der Waals surface area contributed by atoms with Crippen LogP contribution in [-0.4, -0.2) is 17.0 Å². The molecule has 0 atom stereocenters. The van der Waals surface area contributed by atoms with Gasteiger partial charge >= 0.3 is 5.97 Å². The van der Waals surface area contributed by atoms with Crippen molar-refractivity contribution in [2.75, 3.05) is 11.1 Å². The molecule has 6 heteroatoms. The Kier molecular flexibility index (Phi) is 3.57. The Balaban J connectivity index is 2.08. The molecule has 0 aliphatic rings. The monoisotopic (exact) mass is 310 g/mol. The summed E-state index contributed by atoms with van der Waals surface area (Å²) in [6.07, 6.45) is -0.557. The van der Waals surface area contributed by atoms with E-state index in [0.29, 0.717) is 11.4 Å². The third kappa shape index (κ3) is 2.91. The molecular weight excluding hydrogens is 294 g/mol. The molecule has 1 heterocycles. The fourth-order valence-electron chi connectivity index (χ4n) is 2.65. The minimum absolute atomic E-state index is 0.551. The van der Waals surface area contributed by atoms with E-state index in [1.807, 2.05) is 48.0 Å². The van der Waals surface area contributed by atoms with Crippen LogP contribution in [0.5, 0.6) is 0 Å². The number of hydrogen-bond acceptors (Lipinski definition) is 3. The number of carbonyl (C=O) groups excluding carboxylic acids is 1.